The molecule has 1 aromatic carbocycles. The number of carbonyl (C=O) groups excluding carboxylic acids is 1. The first-order valence-electron chi connectivity index (χ1n) is 6.47. The molecule has 0 saturated carbocycles. The molecule has 3 nitrogen and oxygen atoms in total. The first kappa shape index (κ1) is 16.7. The molecule has 0 N–H and O–H groups in total. The number of benzene rings is 1. The van der Waals surface area contributed by atoms with Crippen molar-refractivity contribution in [1.82, 2.24) is 9.78 Å². The molecule has 0 saturated heterocycles. The van der Waals surface area contributed by atoms with Crippen molar-refractivity contribution < 1.29 is 18.0 Å². The normalized spacial score (nSPS) is 12.5. The lowest BCUT2D eigenvalue weighted by Crippen LogP contribution is -2.23. The minimum atomic E-state index is -4.44. The smallest absolute Gasteiger partial charge is 0.298 e. The molecule has 0 amide bonds. The summed E-state index contributed by atoms with van der Waals surface area (Å²) >= 11 is 3.30. The number of halogens is 4. The molecule has 0 radical (unpaired) electrons. The van der Waals surface area contributed by atoms with Crippen molar-refractivity contribution in [1.29, 1.82) is 0 Å². The third-order valence-electron chi connectivity index (χ3n) is 3.08. The van der Waals surface area contributed by atoms with Gasteiger partial charge in [-0.15, -0.1) is 0 Å². The number of aldehydes is 1. The predicted molar refractivity (Wildman–Crippen MR) is 80.7 cm³/mol. The molecule has 0 unspecified atom stereocenters. The van der Waals surface area contributed by atoms with Gasteiger partial charge in [0.1, 0.15) is 10.3 Å². The zero-order chi connectivity index (χ0) is 16.7. The highest BCUT2D eigenvalue weighted by atomic mass is 79.9. The Morgan fingerprint density at radius 3 is 2.36 bits per heavy atom. The molecule has 0 aliphatic heterocycles. The Bertz CT molecular complexity index is 715. The number of hydrogen-bond donors (Lipinski definition) is 0. The Kier molecular flexibility index (Phi) is 4.21. The summed E-state index contributed by atoms with van der Waals surface area (Å²) in [5.41, 5.74) is -0.489. The number of carbonyl (C=O) groups is 1. The van der Waals surface area contributed by atoms with E-state index in [9.17, 15) is 18.0 Å². The topological polar surface area (TPSA) is 34.9 Å². The summed E-state index contributed by atoms with van der Waals surface area (Å²) in [6, 6.07) is 4.79. The van der Waals surface area contributed by atoms with E-state index < -0.39 is 17.3 Å². The van der Waals surface area contributed by atoms with Crippen LogP contribution in [-0.4, -0.2) is 16.1 Å². The van der Waals surface area contributed by atoms with Crippen LogP contribution in [0.4, 0.5) is 13.2 Å². The molecule has 118 valence electrons. The maximum atomic E-state index is 12.8. The third-order valence-corrected chi connectivity index (χ3v) is 3.84. The molecule has 0 fully saturated rings. The summed E-state index contributed by atoms with van der Waals surface area (Å²) in [4.78, 5) is 11.3. The van der Waals surface area contributed by atoms with Crippen LogP contribution in [0.3, 0.4) is 0 Å². The second-order valence-electron chi connectivity index (χ2n) is 5.83. The van der Waals surface area contributed by atoms with Gasteiger partial charge in [-0.3, -0.25) is 9.48 Å². The molecular weight excluding hydrogens is 361 g/mol. The molecule has 1 aromatic heterocycles. The largest absolute Gasteiger partial charge is 0.416 e. The van der Waals surface area contributed by atoms with Gasteiger partial charge in [0.25, 0.3) is 0 Å². The van der Waals surface area contributed by atoms with Gasteiger partial charge < -0.3 is 0 Å². The van der Waals surface area contributed by atoms with Crippen LogP contribution >= 0.6 is 15.9 Å². The van der Waals surface area contributed by atoms with Gasteiger partial charge in [-0.05, 0) is 48.8 Å². The van der Waals surface area contributed by atoms with Crippen molar-refractivity contribution in [2.75, 3.05) is 0 Å². The first-order chi connectivity index (χ1) is 10.1. The molecule has 0 aliphatic carbocycles. The van der Waals surface area contributed by atoms with Crippen LogP contribution in [0.2, 0.25) is 0 Å². The molecule has 7 heteroatoms. The Balaban J connectivity index is 2.66. The van der Waals surface area contributed by atoms with E-state index in [1.54, 1.807) is 4.68 Å². The van der Waals surface area contributed by atoms with Crippen molar-refractivity contribution >= 4 is 22.2 Å². The maximum Gasteiger partial charge on any atom is 0.416 e. The molecule has 0 atom stereocenters. The molecule has 0 bridgehead atoms. The lowest BCUT2D eigenvalue weighted by molar-refractivity contribution is -0.137. The maximum absolute atomic E-state index is 12.8. The van der Waals surface area contributed by atoms with Crippen LogP contribution in [0.1, 0.15) is 36.7 Å². The van der Waals surface area contributed by atoms with Gasteiger partial charge in [-0.1, -0.05) is 12.1 Å². The zero-order valence-corrected chi connectivity index (χ0v) is 13.8. The van der Waals surface area contributed by atoms with Crippen LogP contribution in [0, 0.1) is 0 Å². The Hall–Kier alpha value is -1.63. The Labute approximate surface area is 134 Å². The number of rotatable bonds is 2. The fourth-order valence-corrected chi connectivity index (χ4v) is 2.91. The summed E-state index contributed by atoms with van der Waals surface area (Å²) in [7, 11) is 0. The van der Waals surface area contributed by atoms with E-state index in [0.717, 1.165) is 12.1 Å². The van der Waals surface area contributed by atoms with Crippen molar-refractivity contribution in [3.63, 3.8) is 0 Å². The standard InChI is InChI=1S/C15H14BrF3N2O/c1-14(2,3)21-13(16)11(8-22)12(20-21)9-5-4-6-10(7-9)15(17,18)19/h4-8H,1-3H3. The lowest BCUT2D eigenvalue weighted by atomic mass is 10.1. The number of aromatic nitrogens is 2. The second-order valence-corrected chi connectivity index (χ2v) is 6.58. The minimum Gasteiger partial charge on any atom is -0.298 e. The number of nitrogens with zero attached hydrogens (tertiary/aromatic N) is 2. The quantitative estimate of drug-likeness (QED) is 0.700. The van der Waals surface area contributed by atoms with Crippen molar-refractivity contribution in [2.24, 2.45) is 0 Å². The van der Waals surface area contributed by atoms with Crippen molar-refractivity contribution in [3.8, 4) is 11.3 Å². The number of alkyl halides is 3. The molecule has 0 aliphatic rings. The molecular formula is C15H14BrF3N2O. The van der Waals surface area contributed by atoms with Crippen LogP contribution in [0.25, 0.3) is 11.3 Å². The highest BCUT2D eigenvalue weighted by Crippen LogP contribution is 2.35. The van der Waals surface area contributed by atoms with E-state index in [0.29, 0.717) is 10.9 Å². The summed E-state index contributed by atoms with van der Waals surface area (Å²) in [6.07, 6.45) is -3.85. The molecule has 2 rings (SSSR count). The van der Waals surface area contributed by atoms with E-state index in [2.05, 4.69) is 21.0 Å². The minimum absolute atomic E-state index is 0.225. The lowest BCUT2D eigenvalue weighted by Gasteiger charge is -2.20. The van der Waals surface area contributed by atoms with E-state index >= 15 is 0 Å². The van der Waals surface area contributed by atoms with Gasteiger partial charge in [0, 0.05) is 5.56 Å². The third kappa shape index (κ3) is 3.09. The highest BCUT2D eigenvalue weighted by Gasteiger charge is 2.31. The average molecular weight is 375 g/mol. The van der Waals surface area contributed by atoms with Gasteiger partial charge in [0.15, 0.2) is 6.29 Å². The Morgan fingerprint density at radius 1 is 1.23 bits per heavy atom. The van der Waals surface area contributed by atoms with E-state index in [4.69, 9.17) is 0 Å². The summed E-state index contributed by atoms with van der Waals surface area (Å²) in [6.45, 7) is 5.65. The van der Waals surface area contributed by atoms with E-state index in [-0.39, 0.29) is 16.8 Å². The van der Waals surface area contributed by atoms with Crippen molar-refractivity contribution in [2.45, 2.75) is 32.5 Å². The Morgan fingerprint density at radius 2 is 1.86 bits per heavy atom. The predicted octanol–water partition coefficient (Wildman–Crippen LogP) is 4.90. The van der Waals surface area contributed by atoms with Crippen LogP contribution in [0.15, 0.2) is 28.9 Å². The van der Waals surface area contributed by atoms with E-state index in [1.165, 1.54) is 12.1 Å². The van der Waals surface area contributed by atoms with Gasteiger partial charge in [0.2, 0.25) is 0 Å². The van der Waals surface area contributed by atoms with Crippen molar-refractivity contribution in [3.05, 3.63) is 40.0 Å². The van der Waals surface area contributed by atoms with Gasteiger partial charge >= 0.3 is 6.18 Å². The summed E-state index contributed by atoms with van der Waals surface area (Å²) < 4.78 is 40.5. The summed E-state index contributed by atoms with van der Waals surface area (Å²) in [5, 5.41) is 4.32. The first-order valence-corrected chi connectivity index (χ1v) is 7.27. The van der Waals surface area contributed by atoms with Gasteiger partial charge in [0.05, 0.1) is 16.7 Å². The van der Waals surface area contributed by atoms with E-state index in [1.807, 2.05) is 20.8 Å². The van der Waals surface area contributed by atoms with Crippen LogP contribution < -0.4 is 0 Å². The zero-order valence-electron chi connectivity index (χ0n) is 12.2. The monoisotopic (exact) mass is 374 g/mol. The fourth-order valence-electron chi connectivity index (χ4n) is 2.01. The molecule has 1 heterocycles. The van der Waals surface area contributed by atoms with Crippen LogP contribution in [0.5, 0.6) is 0 Å². The second kappa shape index (κ2) is 5.53. The van der Waals surface area contributed by atoms with Crippen LogP contribution in [-0.2, 0) is 11.7 Å². The fraction of sp³-hybridized carbons (Fsp3) is 0.333. The molecule has 0 spiro atoms. The average Bonchev–Trinajstić information content (AvgIpc) is 2.74. The summed E-state index contributed by atoms with van der Waals surface area (Å²) in [5.74, 6) is 0. The van der Waals surface area contributed by atoms with Gasteiger partial charge in [-0.2, -0.15) is 18.3 Å². The molecule has 22 heavy (non-hydrogen) atoms. The number of hydrogen-bond acceptors (Lipinski definition) is 2. The highest BCUT2D eigenvalue weighted by molar-refractivity contribution is 9.10. The molecule has 2 aromatic rings. The SMILES string of the molecule is CC(C)(C)n1nc(-c2cccc(C(F)(F)F)c2)c(C=O)c1Br. The van der Waals surface area contributed by atoms with Gasteiger partial charge in [-0.25, -0.2) is 0 Å².